The van der Waals surface area contributed by atoms with E-state index in [2.05, 4.69) is 5.32 Å². The lowest BCUT2D eigenvalue weighted by Gasteiger charge is -2.11. The second-order valence-corrected chi connectivity index (χ2v) is 7.25. The molecular weight excluding hydrogens is 418 g/mol. The molecule has 1 amide bonds. The second kappa shape index (κ2) is 12.2. The number of carbonyl (C=O) groups excluding carboxylic acids is 1. The van der Waals surface area contributed by atoms with Crippen molar-refractivity contribution in [3.8, 4) is 23.0 Å². The predicted molar refractivity (Wildman–Crippen MR) is 129 cm³/mol. The zero-order chi connectivity index (χ0) is 23.5. The minimum absolute atomic E-state index is 0.168. The molecule has 1 N–H and O–H groups in total. The maximum Gasteiger partial charge on any atom is 0.244 e. The lowest BCUT2D eigenvalue weighted by atomic mass is 10.1. The van der Waals surface area contributed by atoms with Crippen molar-refractivity contribution in [2.24, 2.45) is 0 Å². The molecule has 0 spiro atoms. The van der Waals surface area contributed by atoms with Crippen LogP contribution in [-0.4, -0.2) is 33.8 Å². The van der Waals surface area contributed by atoms with Gasteiger partial charge < -0.3 is 24.3 Å². The van der Waals surface area contributed by atoms with E-state index < -0.39 is 0 Å². The van der Waals surface area contributed by atoms with Crippen LogP contribution in [0.25, 0.3) is 6.08 Å². The molecule has 0 unspecified atom stereocenters. The van der Waals surface area contributed by atoms with Crippen molar-refractivity contribution in [2.75, 3.05) is 27.9 Å². The molecule has 0 aliphatic rings. The molecule has 33 heavy (non-hydrogen) atoms. The fourth-order valence-corrected chi connectivity index (χ4v) is 3.24. The Hall–Kier alpha value is -3.93. The molecule has 0 radical (unpaired) electrons. The Bertz CT molecular complexity index is 1080. The van der Waals surface area contributed by atoms with Crippen molar-refractivity contribution in [3.63, 3.8) is 0 Å². The number of rotatable bonds is 11. The summed E-state index contributed by atoms with van der Waals surface area (Å²) in [5, 5.41) is 2.89. The Morgan fingerprint density at radius 1 is 0.788 bits per heavy atom. The molecule has 0 heterocycles. The van der Waals surface area contributed by atoms with E-state index in [1.54, 1.807) is 27.4 Å². The van der Waals surface area contributed by atoms with E-state index in [4.69, 9.17) is 18.9 Å². The van der Waals surface area contributed by atoms with Gasteiger partial charge in [-0.25, -0.2) is 0 Å². The van der Waals surface area contributed by atoms with Crippen LogP contribution >= 0.6 is 0 Å². The van der Waals surface area contributed by atoms with E-state index in [1.165, 1.54) is 6.08 Å². The molecule has 6 nitrogen and oxygen atoms in total. The van der Waals surface area contributed by atoms with Crippen LogP contribution in [0.5, 0.6) is 23.0 Å². The van der Waals surface area contributed by atoms with Gasteiger partial charge in [-0.15, -0.1) is 0 Å². The summed E-state index contributed by atoms with van der Waals surface area (Å²) in [5.41, 5.74) is 2.97. The summed E-state index contributed by atoms with van der Waals surface area (Å²) < 4.78 is 21.9. The van der Waals surface area contributed by atoms with Crippen LogP contribution in [0.15, 0.2) is 72.8 Å². The van der Waals surface area contributed by atoms with Gasteiger partial charge in [-0.05, 0) is 53.5 Å². The van der Waals surface area contributed by atoms with Gasteiger partial charge in [0.2, 0.25) is 5.91 Å². The number of hydrogen-bond acceptors (Lipinski definition) is 5. The zero-order valence-electron chi connectivity index (χ0n) is 19.2. The van der Waals surface area contributed by atoms with Crippen LogP contribution < -0.4 is 24.3 Å². The van der Waals surface area contributed by atoms with Gasteiger partial charge >= 0.3 is 0 Å². The van der Waals surface area contributed by atoms with Crippen LogP contribution in [0.1, 0.15) is 16.7 Å². The first-order valence-corrected chi connectivity index (χ1v) is 10.6. The summed E-state index contributed by atoms with van der Waals surface area (Å²) in [5.74, 6) is 2.45. The standard InChI is InChI=1S/C27H29NO5/c1-30-23-12-9-21(18-25(23)31-2)15-16-28-27(29)14-11-20-10-13-24(26(17-20)32-3)33-19-22-7-5-4-6-8-22/h4-14,17-18H,15-16,19H2,1-3H3,(H,28,29)/b14-11+. The minimum atomic E-state index is -0.168. The lowest BCUT2D eigenvalue weighted by molar-refractivity contribution is -0.116. The molecule has 3 aromatic rings. The van der Waals surface area contributed by atoms with Crippen molar-refractivity contribution in [1.29, 1.82) is 0 Å². The van der Waals surface area contributed by atoms with Crippen molar-refractivity contribution in [3.05, 3.63) is 89.5 Å². The maximum absolute atomic E-state index is 12.2. The number of ether oxygens (including phenoxy) is 4. The van der Waals surface area contributed by atoms with E-state index in [1.807, 2.05) is 66.7 Å². The summed E-state index contributed by atoms with van der Waals surface area (Å²) in [6.07, 6.45) is 3.93. The highest BCUT2D eigenvalue weighted by Gasteiger charge is 2.07. The third-order valence-electron chi connectivity index (χ3n) is 5.01. The average Bonchev–Trinajstić information content (AvgIpc) is 2.86. The third kappa shape index (κ3) is 7.04. The highest BCUT2D eigenvalue weighted by molar-refractivity contribution is 5.91. The molecule has 0 aliphatic heterocycles. The molecular formula is C27H29NO5. The minimum Gasteiger partial charge on any atom is -0.493 e. The van der Waals surface area contributed by atoms with Gasteiger partial charge in [-0.3, -0.25) is 4.79 Å². The van der Waals surface area contributed by atoms with Crippen LogP contribution in [0.3, 0.4) is 0 Å². The molecule has 3 aromatic carbocycles. The monoisotopic (exact) mass is 447 g/mol. The van der Waals surface area contributed by atoms with Crippen molar-refractivity contribution >= 4 is 12.0 Å². The summed E-state index contributed by atoms with van der Waals surface area (Å²) in [7, 11) is 4.80. The van der Waals surface area contributed by atoms with Gasteiger partial charge in [-0.2, -0.15) is 0 Å². The lowest BCUT2D eigenvalue weighted by Crippen LogP contribution is -2.23. The Morgan fingerprint density at radius 2 is 1.48 bits per heavy atom. The highest BCUT2D eigenvalue weighted by atomic mass is 16.5. The van der Waals surface area contributed by atoms with Gasteiger partial charge in [0.25, 0.3) is 0 Å². The van der Waals surface area contributed by atoms with Crippen LogP contribution in [0, 0.1) is 0 Å². The SMILES string of the molecule is COc1ccc(CCNC(=O)/C=C/c2ccc(OCc3ccccc3)c(OC)c2)cc1OC. The van der Waals surface area contributed by atoms with E-state index in [-0.39, 0.29) is 5.91 Å². The van der Waals surface area contributed by atoms with Gasteiger partial charge in [0.15, 0.2) is 23.0 Å². The molecule has 172 valence electrons. The quantitative estimate of drug-likeness (QED) is 0.433. The van der Waals surface area contributed by atoms with Crippen LogP contribution in [-0.2, 0) is 17.8 Å². The number of hydrogen-bond donors (Lipinski definition) is 1. The molecule has 0 aliphatic carbocycles. The third-order valence-corrected chi connectivity index (χ3v) is 5.01. The average molecular weight is 448 g/mol. The van der Waals surface area contributed by atoms with Gasteiger partial charge in [-0.1, -0.05) is 42.5 Å². The summed E-state index contributed by atoms with van der Waals surface area (Å²) in [4.78, 5) is 12.2. The number of amides is 1. The topological polar surface area (TPSA) is 66.0 Å². The van der Waals surface area contributed by atoms with Gasteiger partial charge in [0, 0.05) is 12.6 Å². The molecule has 3 rings (SSSR count). The van der Waals surface area contributed by atoms with E-state index >= 15 is 0 Å². The zero-order valence-corrected chi connectivity index (χ0v) is 19.2. The first-order chi connectivity index (χ1) is 16.1. The number of benzene rings is 3. The molecule has 6 heteroatoms. The van der Waals surface area contributed by atoms with E-state index in [9.17, 15) is 4.79 Å². The molecule has 0 bridgehead atoms. The summed E-state index contributed by atoms with van der Waals surface area (Å²) >= 11 is 0. The fourth-order valence-electron chi connectivity index (χ4n) is 3.24. The summed E-state index contributed by atoms with van der Waals surface area (Å²) in [6.45, 7) is 0.961. The van der Waals surface area contributed by atoms with Crippen molar-refractivity contribution in [1.82, 2.24) is 5.32 Å². The van der Waals surface area contributed by atoms with Crippen molar-refractivity contribution < 1.29 is 23.7 Å². The first kappa shape index (κ1) is 23.7. The first-order valence-electron chi connectivity index (χ1n) is 10.6. The van der Waals surface area contributed by atoms with Crippen LogP contribution in [0.2, 0.25) is 0 Å². The van der Waals surface area contributed by atoms with Crippen LogP contribution in [0.4, 0.5) is 0 Å². The normalized spacial score (nSPS) is 10.6. The number of carbonyl (C=O) groups is 1. The number of methoxy groups -OCH3 is 3. The Labute approximate surface area is 194 Å². The molecule has 0 atom stereocenters. The largest absolute Gasteiger partial charge is 0.493 e. The molecule has 0 fully saturated rings. The molecule has 0 aromatic heterocycles. The molecule has 0 saturated carbocycles. The van der Waals surface area contributed by atoms with E-state index in [0.717, 1.165) is 16.7 Å². The smallest absolute Gasteiger partial charge is 0.244 e. The maximum atomic E-state index is 12.2. The second-order valence-electron chi connectivity index (χ2n) is 7.25. The van der Waals surface area contributed by atoms with Crippen molar-refractivity contribution in [2.45, 2.75) is 13.0 Å². The Morgan fingerprint density at radius 3 is 2.21 bits per heavy atom. The summed E-state index contributed by atoms with van der Waals surface area (Å²) in [6, 6.07) is 21.2. The molecule has 0 saturated heterocycles. The highest BCUT2D eigenvalue weighted by Crippen LogP contribution is 2.29. The van der Waals surface area contributed by atoms with E-state index in [0.29, 0.717) is 42.6 Å². The van der Waals surface area contributed by atoms with Gasteiger partial charge in [0.1, 0.15) is 6.61 Å². The Balaban J connectivity index is 1.51. The fraction of sp³-hybridized carbons (Fsp3) is 0.222. The predicted octanol–water partition coefficient (Wildman–Crippen LogP) is 4.66. The number of nitrogens with one attached hydrogen (secondary N) is 1. The Kier molecular flexibility index (Phi) is 8.77. The van der Waals surface area contributed by atoms with Gasteiger partial charge in [0.05, 0.1) is 21.3 Å².